The van der Waals surface area contributed by atoms with E-state index in [1.54, 1.807) is 11.0 Å². The highest BCUT2D eigenvalue weighted by Crippen LogP contribution is 2.32. The lowest BCUT2D eigenvalue weighted by atomic mass is 10.2. The van der Waals surface area contributed by atoms with Crippen LogP contribution in [0.15, 0.2) is 70.6 Å². The molecular formula is C20H16BrNO2S2. The molecule has 0 saturated carbocycles. The van der Waals surface area contributed by atoms with Crippen LogP contribution in [0.1, 0.15) is 11.1 Å². The number of benzene rings is 2. The Labute approximate surface area is 170 Å². The van der Waals surface area contributed by atoms with Gasteiger partial charge in [0.15, 0.2) is 0 Å². The molecule has 0 bridgehead atoms. The van der Waals surface area contributed by atoms with Gasteiger partial charge in [-0.15, -0.1) is 6.58 Å². The van der Waals surface area contributed by atoms with Crippen LogP contribution in [-0.2, 0) is 11.4 Å². The summed E-state index contributed by atoms with van der Waals surface area (Å²) >= 11 is 9.98. The Morgan fingerprint density at radius 3 is 2.50 bits per heavy atom. The molecule has 1 amide bonds. The third kappa shape index (κ3) is 4.63. The van der Waals surface area contributed by atoms with Gasteiger partial charge in [0, 0.05) is 11.0 Å². The average molecular weight is 446 g/mol. The number of thiocarbonyl (C=S) groups is 1. The monoisotopic (exact) mass is 445 g/mol. The summed E-state index contributed by atoms with van der Waals surface area (Å²) in [6, 6.07) is 15.7. The molecule has 1 aliphatic rings. The molecule has 0 radical (unpaired) electrons. The fourth-order valence-corrected chi connectivity index (χ4v) is 3.88. The summed E-state index contributed by atoms with van der Waals surface area (Å²) in [6.45, 7) is 4.60. The number of rotatable bonds is 6. The molecule has 1 fully saturated rings. The molecule has 3 rings (SSSR count). The van der Waals surface area contributed by atoms with Crippen molar-refractivity contribution < 1.29 is 9.53 Å². The molecule has 6 heteroatoms. The van der Waals surface area contributed by atoms with Crippen LogP contribution in [0.2, 0.25) is 0 Å². The normalized spacial score (nSPS) is 15.6. The second-order valence-corrected chi connectivity index (χ2v) is 8.16. The zero-order valence-electron chi connectivity index (χ0n) is 13.9. The van der Waals surface area contributed by atoms with E-state index in [0.717, 1.165) is 21.3 Å². The molecule has 1 heterocycles. The molecule has 132 valence electrons. The molecule has 0 unspecified atom stereocenters. The van der Waals surface area contributed by atoms with Crippen molar-refractivity contribution in [1.82, 2.24) is 4.90 Å². The largest absolute Gasteiger partial charge is 0.489 e. The Kier molecular flexibility index (Phi) is 6.29. The molecule has 0 aliphatic carbocycles. The zero-order chi connectivity index (χ0) is 18.5. The lowest BCUT2D eigenvalue weighted by Crippen LogP contribution is -2.27. The first-order valence-corrected chi connectivity index (χ1v) is 9.92. The summed E-state index contributed by atoms with van der Waals surface area (Å²) in [5.41, 5.74) is 2.03. The van der Waals surface area contributed by atoms with Gasteiger partial charge in [-0.3, -0.25) is 9.69 Å². The van der Waals surface area contributed by atoms with Crippen LogP contribution < -0.4 is 4.74 Å². The smallest absolute Gasteiger partial charge is 0.266 e. The minimum atomic E-state index is -0.0736. The molecule has 0 aromatic heterocycles. The van der Waals surface area contributed by atoms with E-state index < -0.39 is 0 Å². The van der Waals surface area contributed by atoms with Crippen LogP contribution in [0.25, 0.3) is 6.08 Å². The summed E-state index contributed by atoms with van der Waals surface area (Å²) < 4.78 is 7.41. The topological polar surface area (TPSA) is 29.5 Å². The number of carbonyl (C=O) groups is 1. The summed E-state index contributed by atoms with van der Waals surface area (Å²) in [5.74, 6) is 0.708. The van der Waals surface area contributed by atoms with Gasteiger partial charge in [-0.1, -0.05) is 70.3 Å². The number of halogens is 1. The number of ether oxygens (including phenoxy) is 1. The van der Waals surface area contributed by atoms with E-state index in [1.165, 1.54) is 11.8 Å². The van der Waals surface area contributed by atoms with Crippen LogP contribution in [0.3, 0.4) is 0 Å². The van der Waals surface area contributed by atoms with Crippen molar-refractivity contribution in [3.8, 4) is 5.75 Å². The maximum atomic E-state index is 12.3. The van der Waals surface area contributed by atoms with E-state index in [0.29, 0.717) is 22.4 Å². The van der Waals surface area contributed by atoms with E-state index in [1.807, 2.05) is 54.6 Å². The number of nitrogens with zero attached hydrogens (tertiary/aromatic N) is 1. The second kappa shape index (κ2) is 8.66. The van der Waals surface area contributed by atoms with Gasteiger partial charge in [-0.25, -0.2) is 0 Å². The van der Waals surface area contributed by atoms with Gasteiger partial charge in [0.05, 0.1) is 4.91 Å². The maximum Gasteiger partial charge on any atom is 0.266 e. The molecule has 1 saturated heterocycles. The standard InChI is InChI=1S/C20H16BrNO2S2/c1-2-11-22-19(23)18(26-20(22)25)12-14-5-9-17(10-6-14)24-13-15-3-7-16(21)8-4-15/h2-10,12H,1,11,13H2/b18-12-. The fraction of sp³-hybridized carbons (Fsp3) is 0.100. The van der Waals surface area contributed by atoms with Gasteiger partial charge in [-0.2, -0.15) is 0 Å². The molecule has 0 atom stereocenters. The Morgan fingerprint density at radius 2 is 1.85 bits per heavy atom. The predicted octanol–water partition coefficient (Wildman–Crippen LogP) is 5.42. The first-order chi connectivity index (χ1) is 12.6. The SMILES string of the molecule is C=CCN1C(=O)/C(=C/c2ccc(OCc3ccc(Br)cc3)cc2)SC1=S. The summed E-state index contributed by atoms with van der Waals surface area (Å²) in [5, 5.41) is 0. The number of amides is 1. The van der Waals surface area contributed by atoms with Gasteiger partial charge in [0.1, 0.15) is 16.7 Å². The van der Waals surface area contributed by atoms with E-state index >= 15 is 0 Å². The van der Waals surface area contributed by atoms with Crippen LogP contribution in [0.4, 0.5) is 0 Å². The summed E-state index contributed by atoms with van der Waals surface area (Å²) in [6.07, 6.45) is 3.52. The second-order valence-electron chi connectivity index (χ2n) is 5.57. The highest BCUT2D eigenvalue weighted by molar-refractivity contribution is 9.10. The summed E-state index contributed by atoms with van der Waals surface area (Å²) in [7, 11) is 0. The Hall–Kier alpha value is -1.89. The van der Waals surface area contributed by atoms with Crippen molar-refractivity contribution in [1.29, 1.82) is 0 Å². The number of hydrogen-bond acceptors (Lipinski definition) is 4. The van der Waals surface area contributed by atoms with Crippen molar-refractivity contribution >= 4 is 56.2 Å². The minimum Gasteiger partial charge on any atom is -0.489 e. The molecule has 2 aromatic carbocycles. The van der Waals surface area contributed by atoms with Gasteiger partial charge in [0.25, 0.3) is 5.91 Å². The van der Waals surface area contributed by atoms with E-state index in [4.69, 9.17) is 17.0 Å². The predicted molar refractivity (Wildman–Crippen MR) is 115 cm³/mol. The third-order valence-corrected chi connectivity index (χ3v) is 5.59. The minimum absolute atomic E-state index is 0.0736. The lowest BCUT2D eigenvalue weighted by molar-refractivity contribution is -0.121. The highest BCUT2D eigenvalue weighted by atomic mass is 79.9. The fourth-order valence-electron chi connectivity index (χ4n) is 2.35. The first kappa shape index (κ1) is 18.9. The van der Waals surface area contributed by atoms with Crippen LogP contribution in [0, 0.1) is 0 Å². The van der Waals surface area contributed by atoms with Crippen molar-refractivity contribution in [2.75, 3.05) is 6.54 Å². The number of carbonyl (C=O) groups excluding carboxylic acids is 1. The molecule has 0 spiro atoms. The molecule has 1 aliphatic heterocycles. The quantitative estimate of drug-likeness (QED) is 0.337. The van der Waals surface area contributed by atoms with E-state index in [9.17, 15) is 4.79 Å². The lowest BCUT2D eigenvalue weighted by Gasteiger charge is -2.10. The summed E-state index contributed by atoms with van der Waals surface area (Å²) in [4.78, 5) is 14.5. The zero-order valence-corrected chi connectivity index (χ0v) is 17.1. The number of thioether (sulfide) groups is 1. The van der Waals surface area contributed by atoms with Gasteiger partial charge in [-0.05, 0) is 41.5 Å². The van der Waals surface area contributed by atoms with Crippen LogP contribution >= 0.6 is 39.9 Å². The first-order valence-electron chi connectivity index (χ1n) is 7.90. The van der Waals surface area contributed by atoms with Crippen molar-refractivity contribution in [3.05, 3.63) is 81.7 Å². The average Bonchev–Trinajstić information content (AvgIpc) is 2.90. The van der Waals surface area contributed by atoms with Crippen molar-refractivity contribution in [2.45, 2.75) is 6.61 Å². The molecule has 26 heavy (non-hydrogen) atoms. The van der Waals surface area contributed by atoms with Crippen molar-refractivity contribution in [2.24, 2.45) is 0 Å². The third-order valence-electron chi connectivity index (χ3n) is 3.68. The highest BCUT2D eigenvalue weighted by Gasteiger charge is 2.30. The van der Waals surface area contributed by atoms with Crippen LogP contribution in [-0.4, -0.2) is 21.7 Å². The molecular weight excluding hydrogens is 430 g/mol. The molecule has 0 N–H and O–H groups in total. The number of hydrogen-bond donors (Lipinski definition) is 0. The Balaban J connectivity index is 1.64. The van der Waals surface area contributed by atoms with Crippen LogP contribution in [0.5, 0.6) is 5.75 Å². The van der Waals surface area contributed by atoms with Crippen molar-refractivity contribution in [3.63, 3.8) is 0 Å². The Morgan fingerprint density at radius 1 is 1.15 bits per heavy atom. The molecule has 2 aromatic rings. The van der Waals surface area contributed by atoms with Gasteiger partial charge >= 0.3 is 0 Å². The maximum absolute atomic E-state index is 12.3. The molecule has 3 nitrogen and oxygen atoms in total. The van der Waals surface area contributed by atoms with Gasteiger partial charge in [0.2, 0.25) is 0 Å². The van der Waals surface area contributed by atoms with E-state index in [2.05, 4.69) is 22.5 Å². The van der Waals surface area contributed by atoms with Gasteiger partial charge < -0.3 is 4.74 Å². The van der Waals surface area contributed by atoms with E-state index in [-0.39, 0.29) is 5.91 Å². The Bertz CT molecular complexity index is 860.